The van der Waals surface area contributed by atoms with E-state index in [1.807, 2.05) is 42.8 Å². The number of aryl methyl sites for hydroxylation is 2. The van der Waals surface area contributed by atoms with Crippen LogP contribution >= 0.6 is 23.5 Å². The molecule has 0 atom stereocenters. The molecule has 0 fully saturated rings. The first-order chi connectivity index (χ1) is 13.0. The minimum atomic E-state index is -0.0517. The smallest absolute Gasteiger partial charge is 0.234 e. The zero-order chi connectivity index (χ0) is 19.2. The summed E-state index contributed by atoms with van der Waals surface area (Å²) in [6.07, 6.45) is 0. The van der Waals surface area contributed by atoms with Crippen molar-refractivity contribution in [3.8, 4) is 0 Å². The van der Waals surface area contributed by atoms with E-state index in [2.05, 4.69) is 46.7 Å². The van der Waals surface area contributed by atoms with Crippen molar-refractivity contribution in [2.24, 2.45) is 7.05 Å². The molecule has 0 unspecified atom stereocenters. The van der Waals surface area contributed by atoms with E-state index in [1.165, 1.54) is 22.2 Å². The SMILES string of the molecule is Cc1ccc(SCc2nnc(SCC(=O)Nc3cccc(C)c3)n2C)cc1. The minimum absolute atomic E-state index is 0.0517. The van der Waals surface area contributed by atoms with Crippen molar-refractivity contribution in [2.45, 2.75) is 29.7 Å². The van der Waals surface area contributed by atoms with Gasteiger partial charge in [0, 0.05) is 17.6 Å². The number of nitrogens with one attached hydrogen (secondary N) is 1. The van der Waals surface area contributed by atoms with E-state index in [4.69, 9.17) is 0 Å². The second-order valence-corrected chi connectivity index (χ2v) is 8.26. The molecule has 140 valence electrons. The van der Waals surface area contributed by atoms with Gasteiger partial charge in [0.05, 0.1) is 11.5 Å². The van der Waals surface area contributed by atoms with Gasteiger partial charge in [-0.3, -0.25) is 4.79 Å². The van der Waals surface area contributed by atoms with Crippen LogP contribution in [0.1, 0.15) is 17.0 Å². The van der Waals surface area contributed by atoms with Gasteiger partial charge in [-0.25, -0.2) is 0 Å². The highest BCUT2D eigenvalue weighted by Gasteiger charge is 2.12. The van der Waals surface area contributed by atoms with E-state index in [0.717, 1.165) is 28.0 Å². The largest absolute Gasteiger partial charge is 0.325 e. The molecule has 0 aliphatic rings. The predicted octanol–water partition coefficient (Wildman–Crippen LogP) is 4.46. The number of carbonyl (C=O) groups is 1. The van der Waals surface area contributed by atoms with Crippen LogP contribution in [0.5, 0.6) is 0 Å². The molecule has 0 saturated heterocycles. The lowest BCUT2D eigenvalue weighted by atomic mass is 10.2. The zero-order valence-electron chi connectivity index (χ0n) is 15.6. The van der Waals surface area contributed by atoms with Crippen LogP contribution in [0.25, 0.3) is 0 Å². The summed E-state index contributed by atoms with van der Waals surface area (Å²) in [5, 5.41) is 12.1. The first kappa shape index (κ1) is 19.5. The van der Waals surface area contributed by atoms with Crippen LogP contribution in [0.3, 0.4) is 0 Å². The Balaban J connectivity index is 1.52. The van der Waals surface area contributed by atoms with Crippen LogP contribution < -0.4 is 5.32 Å². The fraction of sp³-hybridized carbons (Fsp3) is 0.250. The van der Waals surface area contributed by atoms with Crippen LogP contribution in [0.4, 0.5) is 5.69 Å². The number of nitrogens with zero attached hydrogens (tertiary/aromatic N) is 3. The van der Waals surface area contributed by atoms with Crippen LogP contribution in [0, 0.1) is 13.8 Å². The highest BCUT2D eigenvalue weighted by molar-refractivity contribution is 7.99. The van der Waals surface area contributed by atoms with Gasteiger partial charge in [-0.2, -0.15) is 0 Å². The Hall–Kier alpha value is -2.25. The molecule has 0 radical (unpaired) electrons. The van der Waals surface area contributed by atoms with Crippen LogP contribution in [-0.4, -0.2) is 26.4 Å². The lowest BCUT2D eigenvalue weighted by Gasteiger charge is -2.06. The summed E-state index contributed by atoms with van der Waals surface area (Å²) in [7, 11) is 1.94. The maximum Gasteiger partial charge on any atom is 0.234 e. The van der Waals surface area contributed by atoms with Gasteiger partial charge in [0.1, 0.15) is 5.82 Å². The lowest BCUT2D eigenvalue weighted by molar-refractivity contribution is -0.113. The zero-order valence-corrected chi connectivity index (χ0v) is 17.2. The van der Waals surface area contributed by atoms with Gasteiger partial charge in [-0.15, -0.1) is 22.0 Å². The van der Waals surface area contributed by atoms with Gasteiger partial charge >= 0.3 is 0 Å². The molecule has 1 aromatic heterocycles. The monoisotopic (exact) mass is 398 g/mol. The van der Waals surface area contributed by atoms with Gasteiger partial charge in [0.25, 0.3) is 0 Å². The lowest BCUT2D eigenvalue weighted by Crippen LogP contribution is -2.14. The molecular weight excluding hydrogens is 376 g/mol. The highest BCUT2D eigenvalue weighted by atomic mass is 32.2. The number of amides is 1. The molecule has 1 heterocycles. The van der Waals surface area contributed by atoms with Gasteiger partial charge in [0.2, 0.25) is 5.91 Å². The van der Waals surface area contributed by atoms with E-state index < -0.39 is 0 Å². The summed E-state index contributed by atoms with van der Waals surface area (Å²) in [5.41, 5.74) is 3.18. The molecule has 1 N–H and O–H groups in total. The number of thioether (sulfide) groups is 2. The summed E-state index contributed by atoms with van der Waals surface area (Å²) in [4.78, 5) is 13.4. The average molecular weight is 399 g/mol. The van der Waals surface area contributed by atoms with Gasteiger partial charge < -0.3 is 9.88 Å². The molecule has 0 spiro atoms. The summed E-state index contributed by atoms with van der Waals surface area (Å²) in [6.45, 7) is 4.08. The Morgan fingerprint density at radius 3 is 2.56 bits per heavy atom. The van der Waals surface area contributed by atoms with Gasteiger partial charge in [-0.05, 0) is 43.7 Å². The number of carbonyl (C=O) groups excluding carboxylic acids is 1. The number of aromatic nitrogens is 3. The maximum atomic E-state index is 12.2. The molecule has 5 nitrogen and oxygen atoms in total. The molecule has 0 bridgehead atoms. The Morgan fingerprint density at radius 1 is 1.04 bits per heavy atom. The van der Waals surface area contributed by atoms with Gasteiger partial charge in [0.15, 0.2) is 5.16 Å². The third kappa shape index (κ3) is 5.61. The summed E-state index contributed by atoms with van der Waals surface area (Å²) in [5.74, 6) is 1.87. The van der Waals surface area contributed by atoms with Crippen molar-refractivity contribution >= 4 is 35.1 Å². The maximum absolute atomic E-state index is 12.2. The predicted molar refractivity (Wildman–Crippen MR) is 112 cm³/mol. The number of anilines is 1. The molecule has 1 amide bonds. The third-order valence-electron chi connectivity index (χ3n) is 3.95. The fourth-order valence-electron chi connectivity index (χ4n) is 2.43. The first-order valence-electron chi connectivity index (χ1n) is 8.58. The van der Waals surface area contributed by atoms with E-state index in [0.29, 0.717) is 5.75 Å². The standard InChI is InChI=1S/C20H22N4OS2/c1-14-7-9-17(10-8-14)26-12-18-22-23-20(24(18)3)27-13-19(25)21-16-6-4-5-15(2)11-16/h4-11H,12-13H2,1-3H3,(H,21,25). The summed E-state index contributed by atoms with van der Waals surface area (Å²) < 4.78 is 1.95. The second kappa shape index (κ2) is 9.10. The number of hydrogen-bond acceptors (Lipinski definition) is 5. The molecule has 27 heavy (non-hydrogen) atoms. The van der Waals surface area contributed by atoms with Crippen LogP contribution in [0.2, 0.25) is 0 Å². The van der Waals surface area contributed by atoms with Crippen molar-refractivity contribution in [1.82, 2.24) is 14.8 Å². The molecule has 0 aliphatic carbocycles. The van der Waals surface area contributed by atoms with Crippen LogP contribution in [-0.2, 0) is 17.6 Å². The van der Waals surface area contributed by atoms with Crippen molar-refractivity contribution < 1.29 is 4.79 Å². The molecule has 0 saturated carbocycles. The van der Waals surface area contributed by atoms with E-state index in [1.54, 1.807) is 11.8 Å². The number of benzene rings is 2. The molecular formula is C20H22N4OS2. The Labute approximate surface area is 168 Å². The normalized spacial score (nSPS) is 10.8. The quantitative estimate of drug-likeness (QED) is 0.596. The van der Waals surface area contributed by atoms with Crippen molar-refractivity contribution in [1.29, 1.82) is 0 Å². The third-order valence-corrected chi connectivity index (χ3v) is 5.98. The fourth-order valence-corrected chi connectivity index (χ4v) is 4.03. The minimum Gasteiger partial charge on any atom is -0.325 e. The van der Waals surface area contributed by atoms with Crippen LogP contribution in [0.15, 0.2) is 58.6 Å². The molecule has 2 aromatic carbocycles. The summed E-state index contributed by atoms with van der Waals surface area (Å²) in [6, 6.07) is 16.2. The van der Waals surface area contributed by atoms with E-state index in [9.17, 15) is 4.79 Å². The van der Waals surface area contributed by atoms with Crippen molar-refractivity contribution in [3.63, 3.8) is 0 Å². The average Bonchev–Trinajstić information content (AvgIpc) is 2.99. The topological polar surface area (TPSA) is 59.8 Å². The number of hydrogen-bond donors (Lipinski definition) is 1. The van der Waals surface area contributed by atoms with Crippen molar-refractivity contribution in [3.05, 3.63) is 65.5 Å². The number of rotatable bonds is 7. The molecule has 3 rings (SSSR count). The Morgan fingerprint density at radius 2 is 1.81 bits per heavy atom. The second-order valence-electron chi connectivity index (χ2n) is 6.27. The van der Waals surface area contributed by atoms with Crippen molar-refractivity contribution in [2.75, 3.05) is 11.1 Å². The van der Waals surface area contributed by atoms with E-state index >= 15 is 0 Å². The molecule has 3 aromatic rings. The van der Waals surface area contributed by atoms with E-state index in [-0.39, 0.29) is 5.91 Å². The Bertz CT molecular complexity index is 922. The van der Waals surface area contributed by atoms with Gasteiger partial charge in [-0.1, -0.05) is 41.6 Å². The Kier molecular flexibility index (Phi) is 6.58. The first-order valence-corrected chi connectivity index (χ1v) is 10.6. The molecule has 0 aliphatic heterocycles. The summed E-state index contributed by atoms with van der Waals surface area (Å²) >= 11 is 3.12. The highest BCUT2D eigenvalue weighted by Crippen LogP contribution is 2.24. The molecule has 7 heteroatoms.